The predicted octanol–water partition coefficient (Wildman–Crippen LogP) is 0.397. The summed E-state index contributed by atoms with van der Waals surface area (Å²) in [5.41, 5.74) is 5.15. The van der Waals surface area contributed by atoms with Crippen LogP contribution >= 0.6 is 0 Å². The van der Waals surface area contributed by atoms with Gasteiger partial charge in [0.25, 0.3) is 0 Å². The van der Waals surface area contributed by atoms with Crippen molar-refractivity contribution in [3.8, 4) is 0 Å². The van der Waals surface area contributed by atoms with Crippen molar-refractivity contribution in [3.63, 3.8) is 0 Å². The quantitative estimate of drug-likeness (QED) is 0.786. The molecule has 0 aromatic rings. The molecule has 1 saturated heterocycles. The Balaban J connectivity index is 2.07. The third-order valence-corrected chi connectivity index (χ3v) is 5.58. The van der Waals surface area contributed by atoms with Crippen LogP contribution in [0.5, 0.6) is 0 Å². The highest BCUT2D eigenvalue weighted by Gasteiger charge is 2.43. The van der Waals surface area contributed by atoms with Crippen LogP contribution in [-0.2, 0) is 4.79 Å². The molecule has 20 heavy (non-hydrogen) atoms. The highest BCUT2D eigenvalue weighted by Crippen LogP contribution is 2.32. The molecule has 0 bridgehead atoms. The molecule has 5 nitrogen and oxygen atoms in total. The number of amides is 1. The van der Waals surface area contributed by atoms with Gasteiger partial charge in [0.1, 0.15) is 0 Å². The summed E-state index contributed by atoms with van der Waals surface area (Å²) in [4.78, 5) is 16.9. The number of piperazine rings is 1. The summed E-state index contributed by atoms with van der Waals surface area (Å²) in [6.07, 6.45) is 3.97. The van der Waals surface area contributed by atoms with E-state index in [1.54, 1.807) is 0 Å². The topological polar surface area (TPSA) is 61.6 Å². The van der Waals surface area contributed by atoms with E-state index in [2.05, 4.69) is 36.0 Å². The molecule has 5 heteroatoms. The summed E-state index contributed by atoms with van der Waals surface area (Å²) in [7, 11) is 4.07. The second-order valence-electron chi connectivity index (χ2n) is 6.76. The van der Waals surface area contributed by atoms with Crippen LogP contribution in [0, 0.1) is 0 Å². The first-order chi connectivity index (χ1) is 9.39. The summed E-state index contributed by atoms with van der Waals surface area (Å²) in [5, 5.41) is 3.21. The van der Waals surface area contributed by atoms with E-state index in [9.17, 15) is 4.79 Å². The Morgan fingerprint density at radius 3 is 2.40 bits per heavy atom. The molecule has 116 valence electrons. The number of nitrogens with two attached hydrogens (primary N) is 1. The minimum Gasteiger partial charge on any atom is -0.368 e. The van der Waals surface area contributed by atoms with Crippen molar-refractivity contribution in [1.82, 2.24) is 15.1 Å². The zero-order chi connectivity index (χ0) is 14.9. The Morgan fingerprint density at radius 1 is 1.30 bits per heavy atom. The predicted molar refractivity (Wildman–Crippen MR) is 81.5 cm³/mol. The number of carbonyl (C=O) groups excluding carboxylic acids is 1. The maximum absolute atomic E-state index is 11.8. The monoisotopic (exact) mass is 282 g/mol. The van der Waals surface area contributed by atoms with Crippen molar-refractivity contribution in [2.75, 3.05) is 27.2 Å². The van der Waals surface area contributed by atoms with Gasteiger partial charge in [-0.1, -0.05) is 0 Å². The van der Waals surface area contributed by atoms with Crippen LogP contribution in [0.15, 0.2) is 0 Å². The van der Waals surface area contributed by atoms with Crippen LogP contribution < -0.4 is 11.1 Å². The van der Waals surface area contributed by atoms with Gasteiger partial charge in [0.15, 0.2) is 0 Å². The first-order valence-electron chi connectivity index (χ1n) is 7.84. The fraction of sp³-hybridized carbons (Fsp3) is 0.933. The second-order valence-corrected chi connectivity index (χ2v) is 6.76. The Morgan fingerprint density at radius 2 is 1.90 bits per heavy atom. The average molecular weight is 282 g/mol. The molecule has 2 fully saturated rings. The third kappa shape index (κ3) is 2.85. The van der Waals surface area contributed by atoms with E-state index in [0.717, 1.165) is 32.4 Å². The smallest absolute Gasteiger partial charge is 0.237 e. The molecule has 0 spiro atoms. The van der Waals surface area contributed by atoms with Crippen LogP contribution in [0.2, 0.25) is 0 Å². The van der Waals surface area contributed by atoms with E-state index in [1.165, 1.54) is 6.42 Å². The lowest BCUT2D eigenvalue weighted by atomic mass is 9.77. The van der Waals surface area contributed by atoms with Gasteiger partial charge in [-0.3, -0.25) is 14.6 Å². The van der Waals surface area contributed by atoms with Gasteiger partial charge in [0, 0.05) is 31.2 Å². The number of hydrogen-bond donors (Lipinski definition) is 2. The normalized spacial score (nSPS) is 40.7. The molecule has 4 unspecified atom stereocenters. The lowest BCUT2D eigenvalue weighted by molar-refractivity contribution is -0.126. The molecule has 3 N–H and O–H groups in total. The van der Waals surface area contributed by atoms with E-state index < -0.39 is 5.54 Å². The third-order valence-electron chi connectivity index (χ3n) is 5.58. The number of nitrogens with zero attached hydrogens (tertiary/aromatic N) is 2. The van der Waals surface area contributed by atoms with E-state index >= 15 is 0 Å². The molecule has 0 aromatic heterocycles. The highest BCUT2D eigenvalue weighted by atomic mass is 16.1. The summed E-state index contributed by atoms with van der Waals surface area (Å²) >= 11 is 0. The first kappa shape index (κ1) is 15.7. The number of likely N-dealkylation sites (N-methyl/N-ethyl adjacent to an activating group) is 2. The number of primary amides is 1. The van der Waals surface area contributed by atoms with Crippen molar-refractivity contribution in [2.45, 2.75) is 63.2 Å². The van der Waals surface area contributed by atoms with Crippen LogP contribution in [0.25, 0.3) is 0 Å². The summed E-state index contributed by atoms with van der Waals surface area (Å²) in [5.74, 6) is -0.195. The minimum atomic E-state index is -0.501. The highest BCUT2D eigenvalue weighted by molar-refractivity contribution is 5.84. The lowest BCUT2D eigenvalue weighted by Crippen LogP contribution is -2.63. The first-order valence-corrected chi connectivity index (χ1v) is 7.84. The summed E-state index contributed by atoms with van der Waals surface area (Å²) in [6, 6.07) is 1.61. The van der Waals surface area contributed by atoms with Crippen molar-refractivity contribution >= 4 is 5.91 Å². The van der Waals surface area contributed by atoms with Crippen LogP contribution in [-0.4, -0.2) is 66.6 Å². The molecule has 2 rings (SSSR count). The molecule has 1 heterocycles. The molecule has 1 aliphatic heterocycles. The van der Waals surface area contributed by atoms with Crippen molar-refractivity contribution in [3.05, 3.63) is 0 Å². The maximum Gasteiger partial charge on any atom is 0.237 e. The standard InChI is InChI=1S/C15H30N4O/c1-11-9-19(10-12(2)18(11)4)13-6-5-7-15(8-13,17-3)14(16)20/h11-13,17H,5-10H2,1-4H3,(H2,16,20). The molecule has 2 aliphatic rings. The molecule has 0 aromatic carbocycles. The van der Waals surface area contributed by atoms with Gasteiger partial charge in [0.05, 0.1) is 5.54 Å². The van der Waals surface area contributed by atoms with Crippen molar-refractivity contribution < 1.29 is 4.79 Å². The van der Waals surface area contributed by atoms with E-state index in [0.29, 0.717) is 18.1 Å². The van der Waals surface area contributed by atoms with Gasteiger partial charge in [-0.25, -0.2) is 0 Å². The van der Waals surface area contributed by atoms with E-state index in [4.69, 9.17) is 5.73 Å². The molecule has 1 amide bonds. The van der Waals surface area contributed by atoms with Crippen LogP contribution in [0.3, 0.4) is 0 Å². The Hall–Kier alpha value is -0.650. The number of carbonyl (C=O) groups is 1. The summed E-state index contributed by atoms with van der Waals surface area (Å²) in [6.45, 7) is 6.74. The number of rotatable bonds is 3. The van der Waals surface area contributed by atoms with Crippen LogP contribution in [0.4, 0.5) is 0 Å². The molecule has 1 saturated carbocycles. The Labute approximate surface area is 122 Å². The SMILES string of the molecule is CNC1(C(N)=O)CCCC(N2CC(C)N(C)C(C)C2)C1. The van der Waals surface area contributed by atoms with E-state index in [-0.39, 0.29) is 5.91 Å². The van der Waals surface area contributed by atoms with Gasteiger partial charge in [-0.15, -0.1) is 0 Å². The van der Waals surface area contributed by atoms with Crippen molar-refractivity contribution in [2.24, 2.45) is 5.73 Å². The van der Waals surface area contributed by atoms with Crippen molar-refractivity contribution in [1.29, 1.82) is 0 Å². The molecular formula is C15H30N4O. The summed E-state index contributed by atoms with van der Waals surface area (Å²) < 4.78 is 0. The fourth-order valence-corrected chi connectivity index (χ4v) is 3.88. The molecular weight excluding hydrogens is 252 g/mol. The second kappa shape index (κ2) is 6.00. The Kier molecular flexibility index (Phi) is 4.72. The number of nitrogens with one attached hydrogen (secondary N) is 1. The van der Waals surface area contributed by atoms with Gasteiger partial charge < -0.3 is 11.1 Å². The maximum atomic E-state index is 11.8. The Bertz CT molecular complexity index is 350. The van der Waals surface area contributed by atoms with Gasteiger partial charge in [-0.05, 0) is 53.6 Å². The van der Waals surface area contributed by atoms with Gasteiger partial charge in [0.2, 0.25) is 5.91 Å². The van der Waals surface area contributed by atoms with Gasteiger partial charge in [-0.2, -0.15) is 0 Å². The van der Waals surface area contributed by atoms with E-state index in [1.807, 2.05) is 7.05 Å². The zero-order valence-corrected chi connectivity index (χ0v) is 13.4. The average Bonchev–Trinajstić information content (AvgIpc) is 2.44. The number of hydrogen-bond acceptors (Lipinski definition) is 4. The molecule has 4 atom stereocenters. The lowest BCUT2D eigenvalue weighted by Gasteiger charge is -2.49. The molecule has 0 radical (unpaired) electrons. The zero-order valence-electron chi connectivity index (χ0n) is 13.4. The minimum absolute atomic E-state index is 0.195. The fourth-order valence-electron chi connectivity index (χ4n) is 3.88. The molecule has 1 aliphatic carbocycles. The van der Waals surface area contributed by atoms with Crippen LogP contribution in [0.1, 0.15) is 39.5 Å². The largest absolute Gasteiger partial charge is 0.368 e. The van der Waals surface area contributed by atoms with Gasteiger partial charge >= 0.3 is 0 Å².